The minimum atomic E-state index is -0.966. The molecule has 3 atom stereocenters. The molecular formula is C18H27NO4. The van der Waals surface area contributed by atoms with E-state index in [0.29, 0.717) is 29.9 Å². The summed E-state index contributed by atoms with van der Waals surface area (Å²) in [4.78, 5) is 26.4. The Balaban J connectivity index is 1.59. The van der Waals surface area contributed by atoms with E-state index in [0.717, 1.165) is 19.3 Å². The molecule has 0 radical (unpaired) electrons. The van der Waals surface area contributed by atoms with Crippen molar-refractivity contribution in [3.05, 3.63) is 0 Å². The van der Waals surface area contributed by atoms with Crippen LogP contribution in [0.4, 0.5) is 0 Å². The van der Waals surface area contributed by atoms with Crippen molar-refractivity contribution >= 4 is 11.9 Å². The zero-order valence-corrected chi connectivity index (χ0v) is 14.1. The number of carbonyl (C=O) groups is 2. The Kier molecular flexibility index (Phi) is 3.16. The fourth-order valence-corrected chi connectivity index (χ4v) is 7.00. The van der Waals surface area contributed by atoms with Crippen molar-refractivity contribution in [2.75, 3.05) is 19.7 Å². The number of carbonyl (C=O) groups excluding carboxylic acids is 1. The van der Waals surface area contributed by atoms with Gasteiger partial charge in [0.1, 0.15) is 0 Å². The minimum absolute atomic E-state index is 0.202. The molecule has 0 aromatic carbocycles. The lowest BCUT2D eigenvalue weighted by Gasteiger charge is -2.65. The monoisotopic (exact) mass is 321 g/mol. The molecular weight excluding hydrogens is 294 g/mol. The van der Waals surface area contributed by atoms with Crippen molar-refractivity contribution in [1.82, 2.24) is 4.90 Å². The van der Waals surface area contributed by atoms with E-state index in [2.05, 4.69) is 13.8 Å². The van der Waals surface area contributed by atoms with Crippen molar-refractivity contribution in [2.45, 2.75) is 58.5 Å². The van der Waals surface area contributed by atoms with E-state index < -0.39 is 12.1 Å². The molecule has 1 aliphatic heterocycles. The summed E-state index contributed by atoms with van der Waals surface area (Å²) in [5, 5.41) is 9.19. The van der Waals surface area contributed by atoms with Crippen molar-refractivity contribution in [2.24, 2.45) is 22.2 Å². The number of morpholine rings is 1. The molecule has 4 bridgehead atoms. The van der Waals surface area contributed by atoms with Crippen molar-refractivity contribution in [1.29, 1.82) is 0 Å². The highest BCUT2D eigenvalue weighted by molar-refractivity contribution is 5.84. The highest BCUT2D eigenvalue weighted by Crippen LogP contribution is 2.69. The SMILES string of the molecule is CC12CC3CC(C)(C1)CC(C(=O)N1CCOC(C(=O)O)C1)(C3)C2. The number of carboxylic acid groups (broad SMARTS) is 1. The minimum Gasteiger partial charge on any atom is -0.479 e. The van der Waals surface area contributed by atoms with E-state index in [4.69, 9.17) is 4.74 Å². The van der Waals surface area contributed by atoms with Gasteiger partial charge < -0.3 is 14.7 Å². The molecule has 0 spiro atoms. The zero-order chi connectivity index (χ0) is 16.5. The smallest absolute Gasteiger partial charge is 0.334 e. The molecule has 0 aromatic heterocycles. The van der Waals surface area contributed by atoms with Gasteiger partial charge in [0.15, 0.2) is 6.10 Å². The first-order chi connectivity index (χ1) is 10.7. The van der Waals surface area contributed by atoms with Crippen LogP contribution in [0, 0.1) is 22.2 Å². The van der Waals surface area contributed by atoms with Gasteiger partial charge in [-0.2, -0.15) is 0 Å². The van der Waals surface area contributed by atoms with E-state index in [1.807, 2.05) is 0 Å². The van der Waals surface area contributed by atoms with Gasteiger partial charge in [-0.25, -0.2) is 4.79 Å². The maximum atomic E-state index is 13.4. The Morgan fingerprint density at radius 3 is 2.30 bits per heavy atom. The van der Waals surface area contributed by atoms with Crippen LogP contribution in [0.25, 0.3) is 0 Å². The van der Waals surface area contributed by atoms with Crippen LogP contribution in [0.2, 0.25) is 0 Å². The Morgan fingerprint density at radius 1 is 1.09 bits per heavy atom. The van der Waals surface area contributed by atoms with Gasteiger partial charge in [0.2, 0.25) is 5.91 Å². The Hall–Kier alpha value is -1.10. The van der Waals surface area contributed by atoms with Crippen LogP contribution in [0.15, 0.2) is 0 Å². The quantitative estimate of drug-likeness (QED) is 0.847. The van der Waals surface area contributed by atoms with Crippen LogP contribution >= 0.6 is 0 Å². The second-order valence-corrected chi connectivity index (χ2v) is 9.36. The summed E-state index contributed by atoms with van der Waals surface area (Å²) in [6, 6.07) is 0. The number of rotatable bonds is 2. The summed E-state index contributed by atoms with van der Waals surface area (Å²) < 4.78 is 5.28. The fourth-order valence-electron chi connectivity index (χ4n) is 7.00. The first kappa shape index (κ1) is 15.4. The summed E-state index contributed by atoms with van der Waals surface area (Å²) in [5.41, 5.74) is 0.341. The van der Waals surface area contributed by atoms with Gasteiger partial charge in [0, 0.05) is 6.54 Å². The second-order valence-electron chi connectivity index (χ2n) is 9.36. The van der Waals surface area contributed by atoms with Gasteiger partial charge in [-0.05, 0) is 55.3 Å². The lowest BCUT2D eigenvalue weighted by molar-refractivity contribution is -0.186. The lowest BCUT2D eigenvalue weighted by Crippen LogP contribution is -2.62. The van der Waals surface area contributed by atoms with E-state index in [9.17, 15) is 14.7 Å². The average Bonchev–Trinajstić information content (AvgIpc) is 2.42. The molecule has 1 saturated heterocycles. The summed E-state index contributed by atoms with van der Waals surface area (Å²) in [5.74, 6) is -0.0953. The molecule has 23 heavy (non-hydrogen) atoms. The number of ether oxygens (including phenoxy) is 1. The average molecular weight is 321 g/mol. The van der Waals surface area contributed by atoms with Gasteiger partial charge in [-0.3, -0.25) is 4.79 Å². The summed E-state index contributed by atoms with van der Waals surface area (Å²) >= 11 is 0. The maximum absolute atomic E-state index is 13.4. The molecule has 3 unspecified atom stereocenters. The molecule has 1 heterocycles. The Labute approximate surface area is 137 Å². The van der Waals surface area contributed by atoms with E-state index in [-0.39, 0.29) is 17.9 Å². The predicted octanol–water partition coefficient (Wildman–Crippen LogP) is 2.29. The van der Waals surface area contributed by atoms with Gasteiger partial charge in [-0.15, -0.1) is 0 Å². The first-order valence-corrected chi connectivity index (χ1v) is 8.87. The van der Waals surface area contributed by atoms with Gasteiger partial charge in [-0.1, -0.05) is 13.8 Å². The highest BCUT2D eigenvalue weighted by Gasteiger charge is 2.63. The zero-order valence-electron chi connectivity index (χ0n) is 14.1. The molecule has 4 saturated carbocycles. The van der Waals surface area contributed by atoms with Gasteiger partial charge >= 0.3 is 5.97 Å². The van der Waals surface area contributed by atoms with Crippen LogP contribution in [0.1, 0.15) is 52.4 Å². The van der Waals surface area contributed by atoms with Gasteiger partial charge in [0.05, 0.1) is 18.6 Å². The summed E-state index contributed by atoms with van der Waals surface area (Å²) in [6.07, 6.45) is 5.88. The number of carboxylic acids is 1. The molecule has 5 nitrogen and oxygen atoms in total. The normalized spacial score (nSPS) is 48.5. The molecule has 4 aliphatic carbocycles. The van der Waals surface area contributed by atoms with Crippen LogP contribution in [0.5, 0.6) is 0 Å². The van der Waals surface area contributed by atoms with Crippen molar-refractivity contribution in [3.8, 4) is 0 Å². The number of hydrogen-bond donors (Lipinski definition) is 1. The molecule has 5 rings (SSSR count). The number of aliphatic carboxylic acids is 1. The molecule has 5 heteroatoms. The Bertz CT molecular complexity index is 541. The second kappa shape index (κ2) is 4.71. The lowest BCUT2D eigenvalue weighted by atomic mass is 9.40. The van der Waals surface area contributed by atoms with Crippen LogP contribution in [-0.4, -0.2) is 47.7 Å². The Morgan fingerprint density at radius 2 is 1.74 bits per heavy atom. The molecule has 5 aliphatic rings. The molecule has 1 N–H and O–H groups in total. The number of nitrogens with zero attached hydrogens (tertiary/aromatic N) is 1. The van der Waals surface area contributed by atoms with Crippen LogP contribution < -0.4 is 0 Å². The van der Waals surface area contributed by atoms with E-state index in [1.165, 1.54) is 19.3 Å². The summed E-state index contributed by atoms with van der Waals surface area (Å²) in [6.45, 7) is 5.78. The summed E-state index contributed by atoms with van der Waals surface area (Å²) in [7, 11) is 0. The van der Waals surface area contributed by atoms with E-state index in [1.54, 1.807) is 4.90 Å². The topological polar surface area (TPSA) is 66.8 Å². The third-order valence-corrected chi connectivity index (χ3v) is 6.71. The largest absolute Gasteiger partial charge is 0.479 e. The first-order valence-electron chi connectivity index (χ1n) is 8.87. The number of hydrogen-bond acceptors (Lipinski definition) is 3. The standard InChI is InChI=1S/C18H27NO4/c1-16-5-12-6-17(2,9-16)11-18(7-12,10-16)15(22)19-3-4-23-13(8-19)14(20)21/h12-13H,3-11H2,1-2H3,(H,20,21). The third-order valence-electron chi connectivity index (χ3n) is 6.71. The van der Waals surface area contributed by atoms with E-state index >= 15 is 0 Å². The maximum Gasteiger partial charge on any atom is 0.334 e. The molecule has 0 aromatic rings. The third kappa shape index (κ3) is 2.39. The molecule has 5 fully saturated rings. The van der Waals surface area contributed by atoms with Crippen LogP contribution in [0.3, 0.4) is 0 Å². The molecule has 1 amide bonds. The van der Waals surface area contributed by atoms with Crippen LogP contribution in [-0.2, 0) is 14.3 Å². The van der Waals surface area contributed by atoms with Crippen molar-refractivity contribution in [3.63, 3.8) is 0 Å². The predicted molar refractivity (Wildman–Crippen MR) is 83.8 cm³/mol. The van der Waals surface area contributed by atoms with Crippen molar-refractivity contribution < 1.29 is 19.4 Å². The van der Waals surface area contributed by atoms with Gasteiger partial charge in [0.25, 0.3) is 0 Å². The highest BCUT2D eigenvalue weighted by atomic mass is 16.5. The molecule has 128 valence electrons. The fraction of sp³-hybridized carbons (Fsp3) is 0.889. The number of amides is 1.